The van der Waals surface area contributed by atoms with Crippen LogP contribution in [0.25, 0.3) is 10.8 Å². The molecule has 2 N–H and O–H groups in total. The third-order valence-electron chi connectivity index (χ3n) is 4.59. The molecule has 0 fully saturated rings. The normalized spacial score (nSPS) is 10.9. The van der Waals surface area contributed by atoms with Gasteiger partial charge in [-0.05, 0) is 49.2 Å². The number of carbonyl (C=O) groups excluding carboxylic acids is 2. The Labute approximate surface area is 175 Å². The molecule has 0 saturated heterocycles. The average Bonchev–Trinajstić information content (AvgIpc) is 2.71. The van der Waals surface area contributed by atoms with Gasteiger partial charge >= 0.3 is 0 Å². The molecule has 0 bridgehead atoms. The summed E-state index contributed by atoms with van der Waals surface area (Å²) in [5, 5.41) is 8.80. The Morgan fingerprint density at radius 1 is 1.03 bits per heavy atom. The Bertz CT molecular complexity index is 1110. The van der Waals surface area contributed by atoms with Crippen LogP contribution in [0, 0.1) is 13.8 Å². The summed E-state index contributed by atoms with van der Waals surface area (Å²) in [6, 6.07) is 17.4. The van der Waals surface area contributed by atoms with Crippen molar-refractivity contribution in [2.24, 2.45) is 5.10 Å². The predicted molar refractivity (Wildman–Crippen MR) is 120 cm³/mol. The summed E-state index contributed by atoms with van der Waals surface area (Å²) in [7, 11) is 0. The number of anilines is 1. The van der Waals surface area contributed by atoms with Crippen molar-refractivity contribution in [2.45, 2.75) is 27.2 Å². The van der Waals surface area contributed by atoms with Gasteiger partial charge in [0.15, 0.2) is 0 Å². The number of benzene rings is 3. The molecule has 0 saturated carbocycles. The largest absolute Gasteiger partial charge is 0.493 e. The van der Waals surface area contributed by atoms with E-state index in [-0.39, 0.29) is 6.42 Å². The molecular weight excluding hydrogens is 378 g/mol. The molecule has 6 nitrogen and oxygen atoms in total. The number of carbonyl (C=O) groups is 2. The number of nitrogens with one attached hydrogen (secondary N) is 2. The molecule has 30 heavy (non-hydrogen) atoms. The smallest absolute Gasteiger partial charge is 0.249 e. The van der Waals surface area contributed by atoms with E-state index in [0.717, 1.165) is 27.5 Å². The van der Waals surface area contributed by atoms with Crippen LogP contribution in [0.3, 0.4) is 0 Å². The van der Waals surface area contributed by atoms with E-state index in [1.54, 1.807) is 6.21 Å². The van der Waals surface area contributed by atoms with E-state index < -0.39 is 11.8 Å². The van der Waals surface area contributed by atoms with E-state index in [0.29, 0.717) is 18.0 Å². The molecule has 0 aromatic heterocycles. The van der Waals surface area contributed by atoms with Crippen molar-refractivity contribution in [3.05, 3.63) is 71.3 Å². The maximum Gasteiger partial charge on any atom is 0.249 e. The zero-order valence-corrected chi connectivity index (χ0v) is 17.4. The number of amides is 2. The van der Waals surface area contributed by atoms with Gasteiger partial charge in [-0.2, -0.15) is 5.10 Å². The highest BCUT2D eigenvalue weighted by Gasteiger charge is 2.11. The van der Waals surface area contributed by atoms with Gasteiger partial charge in [0.05, 0.1) is 12.8 Å². The van der Waals surface area contributed by atoms with Gasteiger partial charge in [0.1, 0.15) is 12.2 Å². The second-order valence-corrected chi connectivity index (χ2v) is 6.97. The predicted octanol–water partition coefficient (Wildman–Crippen LogP) is 4.33. The van der Waals surface area contributed by atoms with Gasteiger partial charge in [0.25, 0.3) is 0 Å². The van der Waals surface area contributed by atoms with Crippen LogP contribution in [-0.4, -0.2) is 24.6 Å². The molecule has 3 aromatic rings. The maximum absolute atomic E-state index is 12.2. The molecule has 0 atom stereocenters. The zero-order valence-electron chi connectivity index (χ0n) is 17.4. The van der Waals surface area contributed by atoms with Crippen LogP contribution in [0.4, 0.5) is 5.69 Å². The molecule has 0 unspecified atom stereocenters. The first-order chi connectivity index (χ1) is 14.5. The minimum atomic E-state index is -0.494. The molecule has 6 heteroatoms. The Balaban J connectivity index is 1.65. The first-order valence-electron chi connectivity index (χ1n) is 9.81. The summed E-state index contributed by atoms with van der Waals surface area (Å²) in [6.45, 7) is 6.32. The van der Waals surface area contributed by atoms with Gasteiger partial charge < -0.3 is 10.1 Å². The van der Waals surface area contributed by atoms with E-state index in [1.807, 2.05) is 75.4 Å². The van der Waals surface area contributed by atoms with E-state index in [4.69, 9.17) is 4.74 Å². The van der Waals surface area contributed by atoms with Gasteiger partial charge in [-0.1, -0.05) is 48.0 Å². The maximum atomic E-state index is 12.2. The first-order valence-corrected chi connectivity index (χ1v) is 9.81. The summed E-state index contributed by atoms with van der Waals surface area (Å²) < 4.78 is 5.69. The van der Waals surface area contributed by atoms with Crippen LogP contribution in [-0.2, 0) is 9.59 Å². The fourth-order valence-electron chi connectivity index (χ4n) is 3.19. The van der Waals surface area contributed by atoms with Crippen molar-refractivity contribution in [2.75, 3.05) is 11.9 Å². The van der Waals surface area contributed by atoms with Crippen molar-refractivity contribution in [1.29, 1.82) is 0 Å². The number of aryl methyl sites for hydroxylation is 2. The number of hydrogen-bond donors (Lipinski definition) is 2. The summed E-state index contributed by atoms with van der Waals surface area (Å²) in [6.07, 6.45) is 1.23. The van der Waals surface area contributed by atoms with Gasteiger partial charge in [-0.25, -0.2) is 5.43 Å². The van der Waals surface area contributed by atoms with Gasteiger partial charge in [0, 0.05) is 11.3 Å². The van der Waals surface area contributed by atoms with Crippen molar-refractivity contribution in [3.8, 4) is 5.75 Å². The lowest BCUT2D eigenvalue weighted by atomic mass is 10.0. The monoisotopic (exact) mass is 403 g/mol. The number of hydrazone groups is 1. The minimum Gasteiger partial charge on any atom is -0.493 e. The van der Waals surface area contributed by atoms with E-state index in [1.165, 1.54) is 0 Å². The van der Waals surface area contributed by atoms with Gasteiger partial charge in [0.2, 0.25) is 11.8 Å². The van der Waals surface area contributed by atoms with Crippen LogP contribution in [0.5, 0.6) is 5.75 Å². The van der Waals surface area contributed by atoms with Crippen LogP contribution < -0.4 is 15.5 Å². The van der Waals surface area contributed by atoms with Crippen LogP contribution in [0.15, 0.2) is 59.7 Å². The number of hydrogen-bond acceptors (Lipinski definition) is 4. The fourth-order valence-corrected chi connectivity index (χ4v) is 3.19. The molecule has 0 heterocycles. The van der Waals surface area contributed by atoms with Gasteiger partial charge in [-0.15, -0.1) is 0 Å². The SMILES string of the molecule is CCOc1ccc2ccccc2c1C=NNC(=O)CC(=O)Nc1ccc(C)cc1C. The topological polar surface area (TPSA) is 79.8 Å². The summed E-state index contributed by atoms with van der Waals surface area (Å²) in [5.74, 6) is -0.205. The molecule has 0 aliphatic rings. The minimum absolute atomic E-state index is 0.321. The summed E-state index contributed by atoms with van der Waals surface area (Å²) >= 11 is 0. The fraction of sp³-hybridized carbons (Fsp3) is 0.208. The quantitative estimate of drug-likeness (QED) is 0.350. The Morgan fingerprint density at radius 2 is 1.83 bits per heavy atom. The molecular formula is C24H25N3O3. The van der Waals surface area contributed by atoms with Crippen molar-refractivity contribution in [3.63, 3.8) is 0 Å². The second-order valence-electron chi connectivity index (χ2n) is 6.97. The molecule has 0 radical (unpaired) electrons. The summed E-state index contributed by atoms with van der Waals surface area (Å²) in [4.78, 5) is 24.3. The standard InChI is InChI=1S/C24H25N3O3/c1-4-30-22-12-10-18-7-5-6-8-19(18)20(22)15-25-27-24(29)14-23(28)26-21-11-9-16(2)13-17(21)3/h5-13,15H,4,14H2,1-3H3,(H,26,28)(H,27,29). The molecule has 154 valence electrons. The number of nitrogens with zero attached hydrogens (tertiary/aromatic N) is 1. The van der Waals surface area contributed by atoms with E-state index >= 15 is 0 Å². The molecule has 0 spiro atoms. The zero-order chi connectivity index (χ0) is 21.5. The molecule has 3 aromatic carbocycles. The van der Waals surface area contributed by atoms with Crippen LogP contribution in [0.2, 0.25) is 0 Å². The summed E-state index contributed by atoms with van der Waals surface area (Å²) in [5.41, 5.74) is 5.94. The van der Waals surface area contributed by atoms with Crippen LogP contribution in [0.1, 0.15) is 30.0 Å². The highest BCUT2D eigenvalue weighted by molar-refractivity contribution is 6.05. The second kappa shape index (κ2) is 9.69. The highest BCUT2D eigenvalue weighted by atomic mass is 16.5. The first kappa shape index (κ1) is 21.0. The number of rotatable bonds is 7. The molecule has 2 amide bonds. The molecule has 3 rings (SSSR count). The van der Waals surface area contributed by atoms with E-state index in [9.17, 15) is 9.59 Å². The molecule has 0 aliphatic carbocycles. The molecule has 0 aliphatic heterocycles. The van der Waals surface area contributed by atoms with Crippen molar-refractivity contribution >= 4 is 34.5 Å². The number of fused-ring (bicyclic) bond motifs is 1. The number of ether oxygens (including phenoxy) is 1. The Hall–Kier alpha value is -3.67. The Kier molecular flexibility index (Phi) is 6.80. The van der Waals surface area contributed by atoms with Crippen molar-refractivity contribution in [1.82, 2.24) is 5.43 Å². The third kappa shape index (κ3) is 5.23. The lowest BCUT2D eigenvalue weighted by Crippen LogP contribution is -2.25. The third-order valence-corrected chi connectivity index (χ3v) is 4.59. The lowest BCUT2D eigenvalue weighted by Gasteiger charge is -2.10. The van der Waals surface area contributed by atoms with Crippen LogP contribution >= 0.6 is 0 Å². The average molecular weight is 403 g/mol. The lowest BCUT2D eigenvalue weighted by molar-refractivity contribution is -0.126. The van der Waals surface area contributed by atoms with E-state index in [2.05, 4.69) is 15.8 Å². The van der Waals surface area contributed by atoms with Crippen molar-refractivity contribution < 1.29 is 14.3 Å². The highest BCUT2D eigenvalue weighted by Crippen LogP contribution is 2.26. The van der Waals surface area contributed by atoms with Gasteiger partial charge in [-0.3, -0.25) is 9.59 Å². The Morgan fingerprint density at radius 3 is 2.60 bits per heavy atom.